The lowest BCUT2D eigenvalue weighted by atomic mass is 10.3. The summed E-state index contributed by atoms with van der Waals surface area (Å²) in [5.74, 6) is -0.657. The summed E-state index contributed by atoms with van der Waals surface area (Å²) in [6.07, 6.45) is 1.27. The van der Waals surface area contributed by atoms with Gasteiger partial charge in [0.1, 0.15) is 0 Å². The number of benzene rings is 1. The maximum atomic E-state index is 12.8. The van der Waals surface area contributed by atoms with Gasteiger partial charge in [0.2, 0.25) is 5.95 Å². The van der Waals surface area contributed by atoms with Crippen LogP contribution >= 0.6 is 11.6 Å². The Bertz CT molecular complexity index is 527. The van der Waals surface area contributed by atoms with Gasteiger partial charge in [-0.1, -0.05) is 17.7 Å². The lowest BCUT2D eigenvalue weighted by molar-refractivity contribution is 0.262. The number of rotatable bonds is 2. The standard InChI is InChI=1S/C12H9ClFN3O/c13-8-2-1-3-9(6-8)16-12(18)17-10-4-5-15-11(14)7-10/h1-7H,(H2,15,16,17,18). The maximum absolute atomic E-state index is 12.8. The van der Waals surface area contributed by atoms with Gasteiger partial charge in [0, 0.05) is 28.7 Å². The molecule has 0 aliphatic carbocycles. The van der Waals surface area contributed by atoms with Crippen molar-refractivity contribution in [2.45, 2.75) is 0 Å². The predicted molar refractivity (Wildman–Crippen MR) is 68.3 cm³/mol. The van der Waals surface area contributed by atoms with Crippen molar-refractivity contribution in [3.63, 3.8) is 0 Å². The topological polar surface area (TPSA) is 54.0 Å². The number of nitrogens with zero attached hydrogens (tertiary/aromatic N) is 1. The van der Waals surface area contributed by atoms with Crippen LogP contribution in [-0.4, -0.2) is 11.0 Å². The first-order valence-corrected chi connectivity index (χ1v) is 5.46. The maximum Gasteiger partial charge on any atom is 0.323 e. The molecule has 2 N–H and O–H groups in total. The van der Waals surface area contributed by atoms with E-state index in [1.807, 2.05) is 0 Å². The number of carbonyl (C=O) groups excluding carboxylic acids is 1. The van der Waals surface area contributed by atoms with Gasteiger partial charge in [-0.05, 0) is 24.3 Å². The number of nitrogens with one attached hydrogen (secondary N) is 2. The monoisotopic (exact) mass is 265 g/mol. The molecule has 1 heterocycles. The average Bonchev–Trinajstić information content (AvgIpc) is 2.28. The highest BCUT2D eigenvalue weighted by atomic mass is 35.5. The van der Waals surface area contributed by atoms with Gasteiger partial charge in [-0.3, -0.25) is 0 Å². The van der Waals surface area contributed by atoms with Crippen molar-refractivity contribution in [3.8, 4) is 0 Å². The Morgan fingerprint density at radius 1 is 1.17 bits per heavy atom. The molecule has 0 bridgehead atoms. The zero-order valence-corrected chi connectivity index (χ0v) is 9.91. The number of anilines is 2. The van der Waals surface area contributed by atoms with Gasteiger partial charge in [0.15, 0.2) is 0 Å². The quantitative estimate of drug-likeness (QED) is 0.817. The summed E-state index contributed by atoms with van der Waals surface area (Å²) in [5.41, 5.74) is 0.872. The van der Waals surface area contributed by atoms with Crippen LogP contribution in [0.1, 0.15) is 0 Å². The highest BCUT2D eigenvalue weighted by molar-refractivity contribution is 6.30. The van der Waals surface area contributed by atoms with Crippen molar-refractivity contribution in [1.29, 1.82) is 0 Å². The van der Waals surface area contributed by atoms with E-state index >= 15 is 0 Å². The third kappa shape index (κ3) is 3.43. The molecule has 1 aromatic carbocycles. The van der Waals surface area contributed by atoms with E-state index in [0.717, 1.165) is 6.07 Å². The molecule has 18 heavy (non-hydrogen) atoms. The van der Waals surface area contributed by atoms with Crippen LogP contribution in [0.5, 0.6) is 0 Å². The summed E-state index contributed by atoms with van der Waals surface area (Å²) >= 11 is 5.78. The van der Waals surface area contributed by atoms with Crippen molar-refractivity contribution in [2.24, 2.45) is 0 Å². The van der Waals surface area contributed by atoms with Gasteiger partial charge in [-0.15, -0.1) is 0 Å². The number of aromatic nitrogens is 1. The number of halogens is 2. The van der Waals surface area contributed by atoms with Crippen molar-refractivity contribution in [1.82, 2.24) is 4.98 Å². The smallest absolute Gasteiger partial charge is 0.308 e. The van der Waals surface area contributed by atoms with Crippen molar-refractivity contribution < 1.29 is 9.18 Å². The largest absolute Gasteiger partial charge is 0.323 e. The molecule has 0 aliphatic heterocycles. The fraction of sp³-hybridized carbons (Fsp3) is 0. The summed E-state index contributed by atoms with van der Waals surface area (Å²) in [5, 5.41) is 5.57. The molecular weight excluding hydrogens is 257 g/mol. The average molecular weight is 266 g/mol. The summed E-state index contributed by atoms with van der Waals surface area (Å²) < 4.78 is 12.8. The van der Waals surface area contributed by atoms with Crippen LogP contribution in [0.2, 0.25) is 5.02 Å². The molecule has 2 rings (SSSR count). The molecule has 0 saturated carbocycles. The van der Waals surface area contributed by atoms with Crippen LogP contribution in [0.15, 0.2) is 42.6 Å². The van der Waals surface area contributed by atoms with Crippen molar-refractivity contribution >= 4 is 29.0 Å². The normalized spacial score (nSPS) is 9.89. The minimum absolute atomic E-state index is 0.321. The SMILES string of the molecule is O=C(Nc1cccc(Cl)c1)Nc1ccnc(F)c1. The first-order valence-electron chi connectivity index (χ1n) is 5.08. The molecule has 0 aliphatic rings. The second-order valence-electron chi connectivity index (χ2n) is 3.46. The van der Waals surface area contributed by atoms with Crippen molar-refractivity contribution in [3.05, 3.63) is 53.6 Å². The van der Waals surface area contributed by atoms with E-state index < -0.39 is 12.0 Å². The van der Waals surface area contributed by atoms with Crippen molar-refractivity contribution in [2.75, 3.05) is 10.6 Å². The van der Waals surface area contributed by atoms with Crippen LogP contribution in [0.25, 0.3) is 0 Å². The molecule has 0 unspecified atom stereocenters. The van der Waals surface area contributed by atoms with Crippen LogP contribution in [0.3, 0.4) is 0 Å². The Morgan fingerprint density at radius 2 is 1.89 bits per heavy atom. The molecule has 0 spiro atoms. The second kappa shape index (κ2) is 5.46. The van der Waals surface area contributed by atoms with Crippen LogP contribution in [0, 0.1) is 5.95 Å². The van der Waals surface area contributed by atoms with Crippen LogP contribution in [-0.2, 0) is 0 Å². The Morgan fingerprint density at radius 3 is 2.56 bits per heavy atom. The lowest BCUT2D eigenvalue weighted by Gasteiger charge is -2.07. The molecule has 0 atom stereocenters. The van der Waals surface area contributed by atoms with Gasteiger partial charge >= 0.3 is 6.03 Å². The minimum atomic E-state index is -0.657. The summed E-state index contributed by atoms with van der Waals surface area (Å²) in [4.78, 5) is 15.0. The van der Waals surface area contributed by atoms with E-state index in [2.05, 4.69) is 15.6 Å². The fourth-order valence-corrected chi connectivity index (χ4v) is 1.53. The van der Waals surface area contributed by atoms with E-state index in [0.29, 0.717) is 16.4 Å². The molecule has 2 aromatic rings. The van der Waals surface area contributed by atoms with Crippen LogP contribution < -0.4 is 10.6 Å². The van der Waals surface area contributed by atoms with Gasteiger partial charge < -0.3 is 10.6 Å². The molecule has 6 heteroatoms. The molecule has 0 saturated heterocycles. The Labute approximate surface area is 108 Å². The van der Waals surface area contributed by atoms with Crippen LogP contribution in [0.4, 0.5) is 20.6 Å². The first-order chi connectivity index (χ1) is 8.63. The van der Waals surface area contributed by atoms with Gasteiger partial charge in [-0.25, -0.2) is 9.78 Å². The molecule has 4 nitrogen and oxygen atoms in total. The number of carbonyl (C=O) groups is 1. The third-order valence-corrected chi connectivity index (χ3v) is 2.30. The lowest BCUT2D eigenvalue weighted by Crippen LogP contribution is -2.19. The number of hydrogen-bond acceptors (Lipinski definition) is 2. The fourth-order valence-electron chi connectivity index (χ4n) is 1.34. The Kier molecular flexibility index (Phi) is 3.74. The van der Waals surface area contributed by atoms with E-state index in [9.17, 15) is 9.18 Å². The summed E-state index contributed by atoms with van der Waals surface area (Å²) in [7, 11) is 0. The molecule has 92 valence electrons. The third-order valence-electron chi connectivity index (χ3n) is 2.07. The molecule has 0 fully saturated rings. The highest BCUT2D eigenvalue weighted by Crippen LogP contribution is 2.15. The number of amides is 2. The number of pyridine rings is 1. The molecule has 0 radical (unpaired) electrons. The Balaban J connectivity index is 2.01. The molecule has 2 amide bonds. The second-order valence-corrected chi connectivity index (χ2v) is 3.89. The first kappa shape index (κ1) is 12.3. The minimum Gasteiger partial charge on any atom is -0.308 e. The van der Waals surface area contributed by atoms with E-state index in [1.54, 1.807) is 24.3 Å². The zero-order chi connectivity index (χ0) is 13.0. The van der Waals surface area contributed by atoms with E-state index in [-0.39, 0.29) is 0 Å². The predicted octanol–water partition coefficient (Wildman–Crippen LogP) is 3.52. The zero-order valence-electron chi connectivity index (χ0n) is 9.15. The summed E-state index contributed by atoms with van der Waals surface area (Å²) in [6, 6.07) is 8.83. The number of hydrogen-bond donors (Lipinski definition) is 2. The highest BCUT2D eigenvalue weighted by Gasteiger charge is 2.03. The molecular formula is C12H9ClFN3O. The number of urea groups is 1. The van der Waals surface area contributed by atoms with Gasteiger partial charge in [-0.2, -0.15) is 4.39 Å². The van der Waals surface area contributed by atoms with Gasteiger partial charge in [0.05, 0.1) is 0 Å². The molecule has 1 aromatic heterocycles. The van der Waals surface area contributed by atoms with E-state index in [1.165, 1.54) is 12.3 Å². The Hall–Kier alpha value is -2.14. The van der Waals surface area contributed by atoms with E-state index in [4.69, 9.17) is 11.6 Å². The summed E-state index contributed by atoms with van der Waals surface area (Å²) in [6.45, 7) is 0. The van der Waals surface area contributed by atoms with Gasteiger partial charge in [0.25, 0.3) is 0 Å².